The highest BCUT2D eigenvalue weighted by Gasteiger charge is 2.37. The minimum absolute atomic E-state index is 0.0148. The normalized spacial score (nSPS) is 17.4. The summed E-state index contributed by atoms with van der Waals surface area (Å²) in [5.74, 6) is 0.0148. The van der Waals surface area contributed by atoms with Crippen LogP contribution < -0.4 is 4.90 Å². The third-order valence-electron chi connectivity index (χ3n) is 5.94. The van der Waals surface area contributed by atoms with E-state index in [4.69, 9.17) is 4.74 Å². The van der Waals surface area contributed by atoms with Gasteiger partial charge in [0.1, 0.15) is 6.61 Å². The second-order valence-corrected chi connectivity index (χ2v) is 8.20. The van der Waals surface area contributed by atoms with Gasteiger partial charge < -0.3 is 9.64 Å². The molecule has 0 fully saturated rings. The predicted octanol–water partition coefficient (Wildman–Crippen LogP) is 5.71. The van der Waals surface area contributed by atoms with Crippen molar-refractivity contribution in [3.05, 3.63) is 102 Å². The molecule has 2 atom stereocenters. The molecule has 3 aromatic rings. The maximum atomic E-state index is 13.1. The van der Waals surface area contributed by atoms with Crippen molar-refractivity contribution in [1.82, 2.24) is 4.90 Å². The number of nitrogens with zero attached hydrogens (tertiary/aromatic N) is 2. The van der Waals surface area contributed by atoms with Gasteiger partial charge in [-0.1, -0.05) is 78.9 Å². The van der Waals surface area contributed by atoms with Gasteiger partial charge >= 0.3 is 6.09 Å². The lowest BCUT2D eigenvalue weighted by atomic mass is 9.90. The molecule has 0 saturated carbocycles. The molecule has 0 spiro atoms. The summed E-state index contributed by atoms with van der Waals surface area (Å²) < 4.78 is 5.64. The third kappa shape index (κ3) is 4.67. The maximum Gasteiger partial charge on any atom is 0.414 e. The number of para-hydroxylation sites is 1. The van der Waals surface area contributed by atoms with Crippen LogP contribution >= 0.6 is 0 Å². The number of benzene rings is 3. The van der Waals surface area contributed by atoms with Gasteiger partial charge in [0.05, 0.1) is 11.7 Å². The summed E-state index contributed by atoms with van der Waals surface area (Å²) in [5, 5.41) is 0. The Kier molecular flexibility index (Phi) is 6.55. The summed E-state index contributed by atoms with van der Waals surface area (Å²) in [6.45, 7) is 4.37. The molecule has 3 aromatic carbocycles. The molecule has 5 nitrogen and oxygen atoms in total. The summed E-state index contributed by atoms with van der Waals surface area (Å²) in [6, 6.07) is 27.2. The lowest BCUT2D eigenvalue weighted by molar-refractivity contribution is -0.132. The van der Waals surface area contributed by atoms with Crippen LogP contribution in [0, 0.1) is 0 Å². The first-order valence-electron chi connectivity index (χ1n) is 10.9. The molecule has 32 heavy (non-hydrogen) atoms. The molecule has 1 heterocycles. The first-order chi connectivity index (χ1) is 15.5. The zero-order chi connectivity index (χ0) is 22.5. The summed E-state index contributed by atoms with van der Waals surface area (Å²) in [4.78, 5) is 29.3. The van der Waals surface area contributed by atoms with Crippen molar-refractivity contribution in [1.29, 1.82) is 0 Å². The third-order valence-corrected chi connectivity index (χ3v) is 5.94. The molecule has 2 amide bonds. The van der Waals surface area contributed by atoms with E-state index in [1.54, 1.807) is 11.8 Å². The lowest BCUT2D eigenvalue weighted by Gasteiger charge is -2.42. The lowest BCUT2D eigenvalue weighted by Crippen LogP contribution is -2.47. The second kappa shape index (κ2) is 9.69. The largest absolute Gasteiger partial charge is 0.444 e. The molecule has 2 unspecified atom stereocenters. The SMILES string of the molecule is CC(=O)N(Cc1ccccc1)C1CC(C)N(C(=O)OCc2ccccc2)c2ccccc21. The molecule has 4 rings (SSSR count). The molecule has 0 saturated heterocycles. The molecular formula is C27H28N2O3. The molecule has 164 valence electrons. The van der Waals surface area contributed by atoms with Crippen molar-refractivity contribution in [3.8, 4) is 0 Å². The quantitative estimate of drug-likeness (QED) is 0.523. The minimum Gasteiger partial charge on any atom is -0.444 e. The number of amides is 2. The van der Waals surface area contributed by atoms with Crippen LogP contribution in [0.25, 0.3) is 0 Å². The average Bonchev–Trinajstić information content (AvgIpc) is 2.82. The van der Waals surface area contributed by atoms with E-state index in [9.17, 15) is 9.59 Å². The van der Waals surface area contributed by atoms with Crippen LogP contribution in [0.1, 0.15) is 43.0 Å². The van der Waals surface area contributed by atoms with Gasteiger partial charge in [0.15, 0.2) is 0 Å². The van der Waals surface area contributed by atoms with E-state index < -0.39 is 0 Å². The van der Waals surface area contributed by atoms with E-state index in [-0.39, 0.29) is 30.7 Å². The first-order valence-corrected chi connectivity index (χ1v) is 10.9. The fourth-order valence-electron chi connectivity index (χ4n) is 4.36. The van der Waals surface area contributed by atoms with E-state index in [1.807, 2.05) is 96.8 Å². The zero-order valence-corrected chi connectivity index (χ0v) is 18.5. The molecule has 1 aliphatic rings. The Balaban J connectivity index is 1.59. The van der Waals surface area contributed by atoms with Gasteiger partial charge in [-0.25, -0.2) is 4.79 Å². The highest BCUT2D eigenvalue weighted by molar-refractivity contribution is 5.90. The fourth-order valence-corrected chi connectivity index (χ4v) is 4.36. The maximum absolute atomic E-state index is 13.1. The number of carbonyl (C=O) groups excluding carboxylic acids is 2. The Morgan fingerprint density at radius 3 is 2.16 bits per heavy atom. The Hall–Kier alpha value is -3.60. The number of hydrogen-bond donors (Lipinski definition) is 0. The van der Waals surface area contributed by atoms with E-state index in [0.29, 0.717) is 13.0 Å². The van der Waals surface area contributed by atoms with Crippen molar-refractivity contribution < 1.29 is 14.3 Å². The zero-order valence-electron chi connectivity index (χ0n) is 18.5. The van der Waals surface area contributed by atoms with Crippen LogP contribution in [0.15, 0.2) is 84.9 Å². The summed E-state index contributed by atoms with van der Waals surface area (Å²) >= 11 is 0. The Bertz CT molecular complexity index is 1070. The summed E-state index contributed by atoms with van der Waals surface area (Å²) in [7, 11) is 0. The van der Waals surface area contributed by atoms with Crippen LogP contribution in [0.3, 0.4) is 0 Å². The molecule has 0 N–H and O–H groups in total. The number of anilines is 1. The van der Waals surface area contributed by atoms with Crippen molar-refractivity contribution in [2.75, 3.05) is 4.90 Å². The molecule has 5 heteroatoms. The van der Waals surface area contributed by atoms with Crippen LogP contribution in [-0.2, 0) is 22.7 Å². The first kappa shape index (κ1) is 21.6. The number of carbonyl (C=O) groups is 2. The highest BCUT2D eigenvalue weighted by atomic mass is 16.6. The molecule has 0 aromatic heterocycles. The highest BCUT2D eigenvalue weighted by Crippen LogP contribution is 2.41. The number of fused-ring (bicyclic) bond motifs is 1. The molecular weight excluding hydrogens is 400 g/mol. The number of hydrogen-bond acceptors (Lipinski definition) is 3. The summed E-state index contributed by atoms with van der Waals surface area (Å²) in [5.41, 5.74) is 3.79. The molecule has 1 aliphatic heterocycles. The Labute approximate surface area is 189 Å². The monoisotopic (exact) mass is 428 g/mol. The number of ether oxygens (including phenoxy) is 1. The van der Waals surface area contributed by atoms with Gasteiger partial charge in [0.25, 0.3) is 0 Å². The van der Waals surface area contributed by atoms with Crippen LogP contribution in [0.5, 0.6) is 0 Å². The van der Waals surface area contributed by atoms with E-state index >= 15 is 0 Å². The average molecular weight is 429 g/mol. The predicted molar refractivity (Wildman–Crippen MR) is 125 cm³/mol. The van der Waals surface area contributed by atoms with Gasteiger partial charge in [-0.05, 0) is 36.1 Å². The van der Waals surface area contributed by atoms with E-state index in [0.717, 1.165) is 22.4 Å². The Morgan fingerprint density at radius 1 is 0.906 bits per heavy atom. The summed E-state index contributed by atoms with van der Waals surface area (Å²) in [6.07, 6.45) is 0.272. The van der Waals surface area contributed by atoms with Gasteiger partial charge in [0.2, 0.25) is 5.91 Å². The van der Waals surface area contributed by atoms with Gasteiger partial charge in [-0.3, -0.25) is 9.69 Å². The van der Waals surface area contributed by atoms with Crippen LogP contribution in [0.4, 0.5) is 10.5 Å². The second-order valence-electron chi connectivity index (χ2n) is 8.20. The Morgan fingerprint density at radius 2 is 1.50 bits per heavy atom. The minimum atomic E-state index is -0.371. The van der Waals surface area contributed by atoms with Gasteiger partial charge in [-0.2, -0.15) is 0 Å². The number of rotatable bonds is 5. The topological polar surface area (TPSA) is 49.9 Å². The van der Waals surface area contributed by atoms with Gasteiger partial charge in [0, 0.05) is 19.5 Å². The standard InChI is InChI=1S/C27H28N2O3/c1-20-17-26(28(21(2)30)18-22-11-5-3-6-12-22)24-15-9-10-16-25(24)29(20)27(31)32-19-23-13-7-4-8-14-23/h3-16,20,26H,17-19H2,1-2H3. The van der Waals surface area contributed by atoms with E-state index in [1.165, 1.54) is 0 Å². The van der Waals surface area contributed by atoms with Gasteiger partial charge in [-0.15, -0.1) is 0 Å². The molecule has 0 radical (unpaired) electrons. The van der Waals surface area contributed by atoms with Crippen LogP contribution in [-0.4, -0.2) is 22.9 Å². The molecule has 0 aliphatic carbocycles. The van der Waals surface area contributed by atoms with Crippen molar-refractivity contribution in [2.24, 2.45) is 0 Å². The fraction of sp³-hybridized carbons (Fsp3) is 0.259. The smallest absolute Gasteiger partial charge is 0.414 e. The molecule has 0 bridgehead atoms. The van der Waals surface area contributed by atoms with Crippen LogP contribution in [0.2, 0.25) is 0 Å². The van der Waals surface area contributed by atoms with Crippen molar-refractivity contribution in [2.45, 2.75) is 45.5 Å². The van der Waals surface area contributed by atoms with Crippen molar-refractivity contribution in [3.63, 3.8) is 0 Å². The van der Waals surface area contributed by atoms with Crippen molar-refractivity contribution >= 4 is 17.7 Å². The van der Waals surface area contributed by atoms with E-state index in [2.05, 4.69) is 0 Å².